The Morgan fingerprint density at radius 2 is 2.12 bits per heavy atom. The molecule has 1 atom stereocenters. The summed E-state index contributed by atoms with van der Waals surface area (Å²) in [6, 6.07) is 6.47. The van der Waals surface area contributed by atoms with Gasteiger partial charge in [-0.3, -0.25) is 4.79 Å². The molecule has 0 radical (unpaired) electrons. The van der Waals surface area contributed by atoms with Crippen molar-refractivity contribution in [2.75, 3.05) is 18.5 Å². The van der Waals surface area contributed by atoms with E-state index in [4.69, 9.17) is 44.3 Å². The average Bonchev–Trinajstić information content (AvgIpc) is 3.07. The van der Waals surface area contributed by atoms with E-state index >= 15 is 0 Å². The lowest BCUT2D eigenvalue weighted by atomic mass is 10.2. The van der Waals surface area contributed by atoms with Crippen molar-refractivity contribution in [1.82, 2.24) is 4.98 Å². The lowest BCUT2D eigenvalue weighted by molar-refractivity contribution is 0.102. The molecule has 0 aliphatic carbocycles. The fourth-order valence-corrected chi connectivity index (χ4v) is 2.75. The van der Waals surface area contributed by atoms with Gasteiger partial charge in [0, 0.05) is 12.6 Å². The molecule has 1 aliphatic rings. The van der Waals surface area contributed by atoms with Crippen molar-refractivity contribution in [2.45, 2.75) is 12.5 Å². The molecule has 2 aromatic rings. The lowest BCUT2D eigenvalue weighted by Gasteiger charge is -2.13. The van der Waals surface area contributed by atoms with E-state index in [0.29, 0.717) is 23.9 Å². The minimum absolute atomic E-state index is 0.0695. The van der Waals surface area contributed by atoms with Crippen LogP contribution in [-0.4, -0.2) is 30.2 Å². The second-order valence-electron chi connectivity index (χ2n) is 5.17. The third-order valence-electron chi connectivity index (χ3n) is 3.44. The number of pyridine rings is 1. The Labute approximate surface area is 153 Å². The quantitative estimate of drug-likeness (QED) is 0.841. The van der Waals surface area contributed by atoms with E-state index in [-0.39, 0.29) is 27.6 Å². The molecule has 8 heteroatoms. The second-order valence-corrected chi connectivity index (χ2v) is 6.36. The van der Waals surface area contributed by atoms with Crippen LogP contribution in [0.1, 0.15) is 16.8 Å². The van der Waals surface area contributed by atoms with E-state index in [1.54, 1.807) is 18.2 Å². The van der Waals surface area contributed by atoms with Gasteiger partial charge in [-0.05, 0) is 18.2 Å². The number of carbonyl (C=O) groups is 1. The SMILES string of the molecule is O=C(Nc1cccc(Cl)c1Cl)c1cnc(O[C@H]2CCOC2)c(Cl)c1. The van der Waals surface area contributed by atoms with E-state index in [2.05, 4.69) is 10.3 Å². The van der Waals surface area contributed by atoms with Gasteiger partial charge >= 0.3 is 0 Å². The number of carbonyl (C=O) groups excluding carboxylic acids is 1. The van der Waals surface area contributed by atoms with E-state index < -0.39 is 5.91 Å². The first kappa shape index (κ1) is 17.3. The zero-order valence-electron chi connectivity index (χ0n) is 12.4. The number of halogens is 3. The molecule has 0 saturated carbocycles. The number of nitrogens with zero attached hydrogens (tertiary/aromatic N) is 1. The third kappa shape index (κ3) is 3.92. The van der Waals surface area contributed by atoms with Gasteiger partial charge in [-0.25, -0.2) is 4.98 Å². The molecule has 0 bridgehead atoms. The highest BCUT2D eigenvalue weighted by atomic mass is 35.5. The molecule has 1 saturated heterocycles. The summed E-state index contributed by atoms with van der Waals surface area (Å²) in [5, 5.41) is 3.55. The molecule has 3 rings (SSSR count). The number of benzene rings is 1. The molecule has 5 nitrogen and oxygen atoms in total. The Kier molecular flexibility index (Phi) is 5.46. The van der Waals surface area contributed by atoms with Crippen LogP contribution in [0.25, 0.3) is 0 Å². The van der Waals surface area contributed by atoms with Crippen molar-refractivity contribution in [2.24, 2.45) is 0 Å². The maximum atomic E-state index is 12.3. The van der Waals surface area contributed by atoms with Crippen LogP contribution in [0.3, 0.4) is 0 Å². The number of hydrogen-bond donors (Lipinski definition) is 1. The minimum atomic E-state index is -0.399. The first-order valence-electron chi connectivity index (χ1n) is 7.20. The van der Waals surface area contributed by atoms with Crippen LogP contribution in [0.2, 0.25) is 15.1 Å². The largest absolute Gasteiger partial charge is 0.471 e. The molecule has 1 aromatic heterocycles. The number of hydrogen-bond acceptors (Lipinski definition) is 4. The zero-order chi connectivity index (χ0) is 17.1. The van der Waals surface area contributed by atoms with Crippen molar-refractivity contribution in [3.8, 4) is 5.88 Å². The second kappa shape index (κ2) is 7.57. The summed E-state index contributed by atoms with van der Waals surface area (Å²) < 4.78 is 10.9. The van der Waals surface area contributed by atoms with Gasteiger partial charge in [-0.15, -0.1) is 0 Å². The number of anilines is 1. The summed E-state index contributed by atoms with van der Waals surface area (Å²) in [5.41, 5.74) is 0.694. The highest BCUT2D eigenvalue weighted by molar-refractivity contribution is 6.44. The molecule has 126 valence electrons. The Hall–Kier alpha value is -1.53. The molecule has 0 unspecified atom stereocenters. The van der Waals surface area contributed by atoms with Gasteiger partial charge in [0.05, 0.1) is 34.5 Å². The van der Waals surface area contributed by atoms with Crippen molar-refractivity contribution in [3.05, 3.63) is 51.1 Å². The third-order valence-corrected chi connectivity index (χ3v) is 4.53. The van der Waals surface area contributed by atoms with E-state index in [0.717, 1.165) is 6.42 Å². The zero-order valence-corrected chi connectivity index (χ0v) is 14.7. The van der Waals surface area contributed by atoms with Crippen LogP contribution < -0.4 is 10.1 Å². The molecule has 1 aromatic carbocycles. The maximum absolute atomic E-state index is 12.3. The van der Waals surface area contributed by atoms with Gasteiger partial charge in [-0.1, -0.05) is 40.9 Å². The summed E-state index contributed by atoms with van der Waals surface area (Å²) in [6.07, 6.45) is 2.11. The van der Waals surface area contributed by atoms with Crippen LogP contribution in [0.4, 0.5) is 5.69 Å². The minimum Gasteiger partial charge on any atom is -0.471 e. The van der Waals surface area contributed by atoms with Crippen molar-refractivity contribution in [3.63, 3.8) is 0 Å². The highest BCUT2D eigenvalue weighted by Crippen LogP contribution is 2.30. The molecular formula is C16H13Cl3N2O3. The average molecular weight is 388 g/mol. The predicted octanol–water partition coefficient (Wildman–Crippen LogP) is 4.46. The monoisotopic (exact) mass is 386 g/mol. The van der Waals surface area contributed by atoms with Gasteiger partial charge in [0.15, 0.2) is 0 Å². The van der Waals surface area contributed by atoms with Gasteiger partial charge in [0.25, 0.3) is 5.91 Å². The number of aromatic nitrogens is 1. The summed E-state index contributed by atoms with van der Waals surface area (Å²) >= 11 is 18.1. The fourth-order valence-electron chi connectivity index (χ4n) is 2.19. The molecular weight excluding hydrogens is 375 g/mol. The molecule has 1 N–H and O–H groups in total. The van der Waals surface area contributed by atoms with E-state index in [1.165, 1.54) is 12.3 Å². The summed E-state index contributed by atoms with van der Waals surface area (Å²) in [4.78, 5) is 16.4. The number of ether oxygens (including phenoxy) is 2. The van der Waals surface area contributed by atoms with Gasteiger partial charge in [0.1, 0.15) is 11.1 Å². The fraction of sp³-hybridized carbons (Fsp3) is 0.250. The summed E-state index contributed by atoms with van der Waals surface area (Å²) in [7, 11) is 0. The Balaban J connectivity index is 1.73. The first-order chi connectivity index (χ1) is 11.5. The van der Waals surface area contributed by atoms with E-state index in [9.17, 15) is 4.79 Å². The van der Waals surface area contributed by atoms with Crippen LogP contribution in [0.15, 0.2) is 30.5 Å². The Morgan fingerprint density at radius 3 is 2.83 bits per heavy atom. The Bertz CT molecular complexity index is 764. The summed E-state index contributed by atoms with van der Waals surface area (Å²) in [5.74, 6) is -0.117. The van der Waals surface area contributed by atoms with Crippen LogP contribution in [-0.2, 0) is 4.74 Å². The van der Waals surface area contributed by atoms with Gasteiger partial charge in [-0.2, -0.15) is 0 Å². The van der Waals surface area contributed by atoms with Crippen molar-refractivity contribution in [1.29, 1.82) is 0 Å². The molecule has 24 heavy (non-hydrogen) atoms. The normalized spacial score (nSPS) is 16.9. The molecule has 1 amide bonds. The summed E-state index contributed by atoms with van der Waals surface area (Å²) in [6.45, 7) is 1.16. The molecule has 1 fully saturated rings. The number of nitrogens with one attached hydrogen (secondary N) is 1. The molecule has 2 heterocycles. The van der Waals surface area contributed by atoms with Gasteiger partial charge in [0.2, 0.25) is 5.88 Å². The predicted molar refractivity (Wildman–Crippen MR) is 93.5 cm³/mol. The van der Waals surface area contributed by atoms with Gasteiger partial charge < -0.3 is 14.8 Å². The van der Waals surface area contributed by atoms with E-state index in [1.807, 2.05) is 0 Å². The standard InChI is InChI=1S/C16H13Cl3N2O3/c17-11-2-1-3-13(14(11)19)21-15(22)9-6-12(18)16(20-7-9)24-10-4-5-23-8-10/h1-3,6-7,10H,4-5,8H2,(H,21,22)/t10-/m0/s1. The highest BCUT2D eigenvalue weighted by Gasteiger charge is 2.20. The lowest BCUT2D eigenvalue weighted by Crippen LogP contribution is -2.17. The smallest absolute Gasteiger partial charge is 0.257 e. The van der Waals surface area contributed by atoms with Crippen LogP contribution in [0, 0.1) is 0 Å². The Morgan fingerprint density at radius 1 is 1.29 bits per heavy atom. The van der Waals surface area contributed by atoms with Crippen LogP contribution in [0.5, 0.6) is 5.88 Å². The maximum Gasteiger partial charge on any atom is 0.257 e. The van der Waals surface area contributed by atoms with Crippen molar-refractivity contribution < 1.29 is 14.3 Å². The van der Waals surface area contributed by atoms with Crippen LogP contribution >= 0.6 is 34.8 Å². The first-order valence-corrected chi connectivity index (χ1v) is 8.33. The molecule has 1 aliphatic heterocycles. The molecule has 0 spiro atoms. The topological polar surface area (TPSA) is 60.5 Å². The number of rotatable bonds is 4. The van der Waals surface area contributed by atoms with Crippen molar-refractivity contribution >= 4 is 46.4 Å². The number of amides is 1.